The highest BCUT2D eigenvalue weighted by molar-refractivity contribution is 7.13. The highest BCUT2D eigenvalue weighted by Crippen LogP contribution is 2.29. The van der Waals surface area contributed by atoms with Crippen LogP contribution in [0.5, 0.6) is 0 Å². The molecule has 3 heterocycles. The van der Waals surface area contributed by atoms with E-state index < -0.39 is 6.29 Å². The van der Waals surface area contributed by atoms with E-state index in [1.54, 1.807) is 34.2 Å². The monoisotopic (exact) mass is 441 g/mol. The molecule has 148 valence electrons. The lowest BCUT2D eigenvalue weighted by Gasteiger charge is -2.34. The summed E-state index contributed by atoms with van der Waals surface area (Å²) in [6, 6.07) is 4.99. The predicted molar refractivity (Wildman–Crippen MR) is 105 cm³/mol. The summed E-state index contributed by atoms with van der Waals surface area (Å²) in [7, 11) is 0. The molecule has 1 aromatic carbocycles. The Hall–Kier alpha value is -1.71. The van der Waals surface area contributed by atoms with Crippen molar-refractivity contribution in [1.82, 2.24) is 14.8 Å². The van der Waals surface area contributed by atoms with Gasteiger partial charge in [0.2, 0.25) is 6.29 Å². The number of rotatable bonds is 3. The minimum atomic E-state index is -0.483. The van der Waals surface area contributed by atoms with Crippen molar-refractivity contribution in [3.63, 3.8) is 0 Å². The first kappa shape index (κ1) is 19.6. The van der Waals surface area contributed by atoms with Crippen LogP contribution < -0.4 is 0 Å². The van der Waals surface area contributed by atoms with Gasteiger partial charge in [-0.1, -0.05) is 29.3 Å². The zero-order chi connectivity index (χ0) is 19.7. The summed E-state index contributed by atoms with van der Waals surface area (Å²) in [4.78, 5) is 33.6. The van der Waals surface area contributed by atoms with Crippen molar-refractivity contribution in [2.24, 2.45) is 0 Å². The van der Waals surface area contributed by atoms with Crippen molar-refractivity contribution in [2.75, 3.05) is 39.4 Å². The second-order valence-electron chi connectivity index (χ2n) is 6.32. The summed E-state index contributed by atoms with van der Waals surface area (Å²) in [5.74, 6) is -0.287. The Balaban J connectivity index is 1.38. The van der Waals surface area contributed by atoms with Crippen LogP contribution in [0.4, 0.5) is 0 Å². The largest absolute Gasteiger partial charge is 0.344 e. The van der Waals surface area contributed by atoms with Crippen molar-refractivity contribution in [3.05, 3.63) is 49.9 Å². The van der Waals surface area contributed by atoms with Crippen LogP contribution in [0.1, 0.15) is 31.3 Å². The van der Waals surface area contributed by atoms with E-state index in [1.165, 1.54) is 11.3 Å². The predicted octanol–water partition coefficient (Wildman–Crippen LogP) is 3.09. The fourth-order valence-electron chi connectivity index (χ4n) is 3.10. The van der Waals surface area contributed by atoms with Gasteiger partial charge >= 0.3 is 0 Å². The Kier molecular flexibility index (Phi) is 5.84. The molecule has 0 radical (unpaired) electrons. The van der Waals surface area contributed by atoms with Crippen LogP contribution >= 0.6 is 34.5 Å². The first-order valence-corrected chi connectivity index (χ1v) is 10.3. The first-order valence-electron chi connectivity index (χ1n) is 8.76. The number of benzene rings is 1. The Morgan fingerprint density at radius 2 is 1.68 bits per heavy atom. The topological polar surface area (TPSA) is 72.0 Å². The number of hydrogen-bond acceptors (Lipinski definition) is 6. The molecule has 0 spiro atoms. The number of amides is 2. The van der Waals surface area contributed by atoms with E-state index in [1.807, 2.05) is 0 Å². The molecule has 28 heavy (non-hydrogen) atoms. The summed E-state index contributed by atoms with van der Waals surface area (Å²) in [5, 5.41) is 1.24. The molecule has 0 bridgehead atoms. The van der Waals surface area contributed by atoms with Gasteiger partial charge in [-0.2, -0.15) is 0 Å². The SMILES string of the molecule is O=C(c1cnc(C2OCCO2)s1)N1CCN(C(=O)c2cccc(Cl)c2Cl)CC1. The van der Waals surface area contributed by atoms with E-state index in [0.717, 1.165) is 0 Å². The van der Waals surface area contributed by atoms with Gasteiger partial charge in [0.25, 0.3) is 11.8 Å². The summed E-state index contributed by atoms with van der Waals surface area (Å²) in [6.07, 6.45) is 1.07. The Bertz CT molecular complexity index is 893. The molecule has 7 nitrogen and oxygen atoms in total. The second kappa shape index (κ2) is 8.34. The lowest BCUT2D eigenvalue weighted by atomic mass is 10.1. The molecule has 2 aliphatic rings. The molecule has 2 fully saturated rings. The molecule has 1 aromatic heterocycles. The molecule has 0 saturated carbocycles. The fourth-order valence-corrected chi connectivity index (χ4v) is 4.37. The fraction of sp³-hybridized carbons (Fsp3) is 0.389. The van der Waals surface area contributed by atoms with Crippen molar-refractivity contribution >= 4 is 46.4 Å². The number of nitrogens with zero attached hydrogens (tertiary/aromatic N) is 3. The number of ether oxygens (including phenoxy) is 2. The highest BCUT2D eigenvalue weighted by Gasteiger charge is 2.29. The molecule has 2 aliphatic heterocycles. The maximum absolute atomic E-state index is 12.7. The van der Waals surface area contributed by atoms with Crippen LogP contribution in [0.15, 0.2) is 24.4 Å². The lowest BCUT2D eigenvalue weighted by molar-refractivity contribution is -0.0442. The van der Waals surface area contributed by atoms with Gasteiger partial charge in [0.05, 0.1) is 35.0 Å². The third-order valence-electron chi connectivity index (χ3n) is 4.59. The van der Waals surface area contributed by atoms with Gasteiger partial charge in [0, 0.05) is 26.2 Å². The van der Waals surface area contributed by atoms with Crippen molar-refractivity contribution in [1.29, 1.82) is 0 Å². The molecule has 0 aliphatic carbocycles. The molecule has 0 atom stereocenters. The summed E-state index contributed by atoms with van der Waals surface area (Å²) >= 11 is 13.4. The first-order chi connectivity index (χ1) is 13.5. The Morgan fingerprint density at radius 1 is 1.04 bits per heavy atom. The quantitative estimate of drug-likeness (QED) is 0.731. The number of halogens is 2. The van der Waals surface area contributed by atoms with Gasteiger partial charge in [0.15, 0.2) is 0 Å². The summed E-state index contributed by atoms with van der Waals surface area (Å²) < 4.78 is 10.8. The smallest absolute Gasteiger partial charge is 0.265 e. The average Bonchev–Trinajstić information content (AvgIpc) is 3.41. The van der Waals surface area contributed by atoms with E-state index in [0.29, 0.717) is 59.9 Å². The highest BCUT2D eigenvalue weighted by atomic mass is 35.5. The minimum absolute atomic E-state index is 0.102. The normalized spacial score (nSPS) is 17.9. The van der Waals surface area contributed by atoms with Gasteiger partial charge in [-0.05, 0) is 12.1 Å². The Labute approximate surface area is 175 Å². The maximum atomic E-state index is 12.7. The second-order valence-corrected chi connectivity index (χ2v) is 8.17. The molecule has 10 heteroatoms. The maximum Gasteiger partial charge on any atom is 0.265 e. The van der Waals surface area contributed by atoms with Crippen LogP contribution in [-0.2, 0) is 9.47 Å². The number of aromatic nitrogens is 1. The van der Waals surface area contributed by atoms with Gasteiger partial charge in [-0.15, -0.1) is 11.3 Å². The number of carbonyl (C=O) groups excluding carboxylic acids is 2. The van der Waals surface area contributed by atoms with Gasteiger partial charge < -0.3 is 19.3 Å². The van der Waals surface area contributed by atoms with Gasteiger partial charge in [-0.3, -0.25) is 9.59 Å². The zero-order valence-electron chi connectivity index (χ0n) is 14.8. The van der Waals surface area contributed by atoms with Crippen molar-refractivity contribution < 1.29 is 19.1 Å². The molecule has 4 rings (SSSR count). The van der Waals surface area contributed by atoms with Crippen LogP contribution in [0.2, 0.25) is 10.0 Å². The number of piperazine rings is 1. The average molecular weight is 442 g/mol. The van der Waals surface area contributed by atoms with Crippen LogP contribution in [0.25, 0.3) is 0 Å². The summed E-state index contributed by atoms with van der Waals surface area (Å²) in [6.45, 7) is 2.78. The van der Waals surface area contributed by atoms with E-state index in [4.69, 9.17) is 32.7 Å². The van der Waals surface area contributed by atoms with E-state index >= 15 is 0 Å². The van der Waals surface area contributed by atoms with Crippen molar-refractivity contribution in [3.8, 4) is 0 Å². The molecular weight excluding hydrogens is 425 g/mol. The molecule has 2 saturated heterocycles. The van der Waals surface area contributed by atoms with Crippen LogP contribution in [-0.4, -0.2) is 66.0 Å². The molecule has 0 N–H and O–H groups in total. The standard InChI is InChI=1S/C18H17Cl2N3O4S/c19-12-3-1-2-11(14(12)20)16(24)22-4-6-23(7-5-22)17(25)13-10-21-15(28-13)18-26-8-9-27-18/h1-3,10,18H,4-9H2. The lowest BCUT2D eigenvalue weighted by Crippen LogP contribution is -2.50. The molecule has 2 aromatic rings. The van der Waals surface area contributed by atoms with E-state index in [9.17, 15) is 9.59 Å². The van der Waals surface area contributed by atoms with Crippen LogP contribution in [0, 0.1) is 0 Å². The third-order valence-corrected chi connectivity index (χ3v) is 6.42. The Morgan fingerprint density at radius 3 is 2.36 bits per heavy atom. The minimum Gasteiger partial charge on any atom is -0.344 e. The molecular formula is C18H17Cl2N3O4S. The van der Waals surface area contributed by atoms with Gasteiger partial charge in [-0.25, -0.2) is 4.98 Å². The van der Waals surface area contributed by atoms with E-state index in [2.05, 4.69) is 4.98 Å². The number of hydrogen-bond donors (Lipinski definition) is 0. The van der Waals surface area contributed by atoms with E-state index in [-0.39, 0.29) is 16.8 Å². The summed E-state index contributed by atoms with van der Waals surface area (Å²) in [5.41, 5.74) is 0.373. The zero-order valence-corrected chi connectivity index (χ0v) is 17.1. The van der Waals surface area contributed by atoms with Crippen LogP contribution in [0.3, 0.4) is 0 Å². The van der Waals surface area contributed by atoms with Gasteiger partial charge in [0.1, 0.15) is 9.88 Å². The van der Waals surface area contributed by atoms with Crippen molar-refractivity contribution in [2.45, 2.75) is 6.29 Å². The number of thiazole rings is 1. The molecule has 0 unspecified atom stereocenters. The molecule has 2 amide bonds. The third kappa shape index (κ3) is 3.88. The number of carbonyl (C=O) groups is 2.